The highest BCUT2D eigenvalue weighted by molar-refractivity contribution is 5.96. The number of hydrogen-bond acceptors (Lipinski definition) is 3. The first-order valence-corrected chi connectivity index (χ1v) is 7.92. The summed E-state index contributed by atoms with van der Waals surface area (Å²) in [7, 11) is 0. The van der Waals surface area contributed by atoms with Gasteiger partial charge in [0.15, 0.2) is 5.58 Å². The Morgan fingerprint density at radius 3 is 2.44 bits per heavy atom. The molecule has 4 rings (SSSR count). The summed E-state index contributed by atoms with van der Waals surface area (Å²) in [6.07, 6.45) is 0. The van der Waals surface area contributed by atoms with Gasteiger partial charge in [0.2, 0.25) is 0 Å². The van der Waals surface area contributed by atoms with Crippen LogP contribution in [0, 0.1) is 6.92 Å². The van der Waals surface area contributed by atoms with Crippen LogP contribution in [-0.4, -0.2) is 16.2 Å². The van der Waals surface area contributed by atoms with Gasteiger partial charge >= 0.3 is 5.97 Å². The van der Waals surface area contributed by atoms with E-state index in [1.165, 1.54) is 5.56 Å². The van der Waals surface area contributed by atoms with E-state index in [0.29, 0.717) is 11.3 Å². The lowest BCUT2D eigenvalue weighted by Crippen LogP contribution is -1.95. The normalized spacial score (nSPS) is 10.9. The Bertz CT molecular complexity index is 1080. The third-order valence-corrected chi connectivity index (χ3v) is 4.24. The number of aryl methyl sites for hydroxylation is 1. The minimum Gasteiger partial charge on any atom is -0.478 e. The highest BCUT2D eigenvalue weighted by atomic mass is 16.5. The molecule has 1 N–H and O–H groups in total. The number of benzene rings is 3. The maximum atomic E-state index is 11.2. The third-order valence-electron chi connectivity index (χ3n) is 4.24. The third kappa shape index (κ3) is 2.78. The molecule has 0 aliphatic carbocycles. The zero-order valence-corrected chi connectivity index (χ0v) is 13.6. The van der Waals surface area contributed by atoms with Gasteiger partial charge in [-0.1, -0.05) is 53.2 Å². The molecule has 0 unspecified atom stereocenters. The Morgan fingerprint density at radius 2 is 1.68 bits per heavy atom. The van der Waals surface area contributed by atoms with Gasteiger partial charge in [0, 0.05) is 10.9 Å². The van der Waals surface area contributed by atoms with Crippen LogP contribution >= 0.6 is 0 Å². The second-order valence-electron chi connectivity index (χ2n) is 5.99. The predicted molar refractivity (Wildman–Crippen MR) is 96.6 cm³/mol. The Hall–Kier alpha value is -3.40. The molecule has 4 aromatic rings. The Balaban J connectivity index is 1.79. The van der Waals surface area contributed by atoms with Gasteiger partial charge in [-0.2, -0.15) is 0 Å². The van der Waals surface area contributed by atoms with E-state index < -0.39 is 5.97 Å². The number of hydrogen-bond donors (Lipinski definition) is 1. The summed E-state index contributed by atoms with van der Waals surface area (Å²) in [5, 5.41) is 14.2. The quantitative estimate of drug-likeness (QED) is 0.563. The topological polar surface area (TPSA) is 63.3 Å². The smallest absolute Gasteiger partial charge is 0.335 e. The summed E-state index contributed by atoms with van der Waals surface area (Å²) in [5.74, 6) is -0.962. The number of nitrogens with zero attached hydrogens (tertiary/aromatic N) is 1. The predicted octanol–water partition coefficient (Wildman–Crippen LogP) is 5.17. The first kappa shape index (κ1) is 15.1. The molecule has 4 heteroatoms. The van der Waals surface area contributed by atoms with Crippen molar-refractivity contribution in [2.45, 2.75) is 6.92 Å². The van der Waals surface area contributed by atoms with Crippen LogP contribution in [0.1, 0.15) is 15.9 Å². The maximum absolute atomic E-state index is 11.2. The van der Waals surface area contributed by atoms with Gasteiger partial charge in [0.25, 0.3) is 0 Å². The van der Waals surface area contributed by atoms with E-state index in [4.69, 9.17) is 9.63 Å². The van der Waals surface area contributed by atoms with Gasteiger partial charge in [-0.15, -0.1) is 0 Å². The summed E-state index contributed by atoms with van der Waals surface area (Å²) >= 11 is 0. The second kappa shape index (κ2) is 5.91. The molecule has 0 saturated heterocycles. The van der Waals surface area contributed by atoms with Crippen molar-refractivity contribution in [2.24, 2.45) is 0 Å². The summed E-state index contributed by atoms with van der Waals surface area (Å²) in [6.45, 7) is 2.06. The average molecular weight is 329 g/mol. The first-order valence-electron chi connectivity index (χ1n) is 7.92. The van der Waals surface area contributed by atoms with Gasteiger partial charge < -0.3 is 9.63 Å². The molecule has 122 valence electrons. The molecule has 0 amide bonds. The molecule has 0 aliphatic rings. The fourth-order valence-electron chi connectivity index (χ4n) is 2.87. The molecule has 0 bridgehead atoms. The fraction of sp³-hybridized carbons (Fsp3) is 0.0476. The summed E-state index contributed by atoms with van der Waals surface area (Å²) < 4.78 is 5.49. The molecule has 1 aromatic heterocycles. The van der Waals surface area contributed by atoms with E-state index in [2.05, 4.69) is 36.3 Å². The van der Waals surface area contributed by atoms with Crippen LogP contribution in [0.3, 0.4) is 0 Å². The SMILES string of the molecule is Cc1ccc(-c2ccc3c(-c4cccc(C(=O)O)c4)noc3c2)cc1. The average Bonchev–Trinajstić information content (AvgIpc) is 3.05. The Labute approximate surface area is 144 Å². The van der Waals surface area contributed by atoms with Crippen molar-refractivity contribution in [3.8, 4) is 22.4 Å². The lowest BCUT2D eigenvalue weighted by molar-refractivity contribution is 0.0697. The number of aromatic nitrogens is 1. The first-order chi connectivity index (χ1) is 12.1. The van der Waals surface area contributed by atoms with Gasteiger partial charge in [-0.05, 0) is 42.3 Å². The molecule has 0 aliphatic heterocycles. The van der Waals surface area contributed by atoms with Gasteiger partial charge in [0.05, 0.1) is 5.56 Å². The standard InChI is InChI=1S/C21H15NO3/c1-13-5-7-14(8-6-13)15-9-10-18-19(12-15)25-22-20(18)16-3-2-4-17(11-16)21(23)24/h2-12H,1H3,(H,23,24). The van der Waals surface area contributed by atoms with E-state index in [1.54, 1.807) is 18.2 Å². The monoisotopic (exact) mass is 329 g/mol. The number of carboxylic acids is 1. The molecule has 0 spiro atoms. The Morgan fingerprint density at radius 1 is 0.920 bits per heavy atom. The van der Waals surface area contributed by atoms with Crippen molar-refractivity contribution < 1.29 is 14.4 Å². The molecule has 0 fully saturated rings. The van der Waals surface area contributed by atoms with Crippen LogP contribution in [0.25, 0.3) is 33.4 Å². The van der Waals surface area contributed by atoms with Gasteiger partial charge in [0.1, 0.15) is 5.69 Å². The van der Waals surface area contributed by atoms with Crippen molar-refractivity contribution in [3.05, 3.63) is 77.9 Å². The van der Waals surface area contributed by atoms with Crippen LogP contribution in [0.4, 0.5) is 0 Å². The molecule has 0 radical (unpaired) electrons. The van der Waals surface area contributed by atoms with E-state index in [1.807, 2.05) is 24.3 Å². The molecule has 4 nitrogen and oxygen atoms in total. The molecule has 1 heterocycles. The highest BCUT2D eigenvalue weighted by Gasteiger charge is 2.13. The summed E-state index contributed by atoms with van der Waals surface area (Å²) in [5.41, 5.74) is 5.65. The zero-order chi connectivity index (χ0) is 17.4. The van der Waals surface area contributed by atoms with E-state index in [9.17, 15) is 4.79 Å². The number of carbonyl (C=O) groups is 1. The minimum atomic E-state index is -0.962. The number of carboxylic acid groups (broad SMARTS) is 1. The van der Waals surface area contributed by atoms with Crippen molar-refractivity contribution in [3.63, 3.8) is 0 Å². The van der Waals surface area contributed by atoms with Crippen LogP contribution in [0.5, 0.6) is 0 Å². The number of aromatic carboxylic acids is 1. The van der Waals surface area contributed by atoms with Crippen molar-refractivity contribution in [1.82, 2.24) is 5.16 Å². The number of rotatable bonds is 3. The van der Waals surface area contributed by atoms with Crippen molar-refractivity contribution in [2.75, 3.05) is 0 Å². The largest absolute Gasteiger partial charge is 0.478 e. The van der Waals surface area contributed by atoms with Crippen LogP contribution in [-0.2, 0) is 0 Å². The van der Waals surface area contributed by atoms with Crippen molar-refractivity contribution in [1.29, 1.82) is 0 Å². The zero-order valence-electron chi connectivity index (χ0n) is 13.6. The van der Waals surface area contributed by atoms with E-state index >= 15 is 0 Å². The molecular weight excluding hydrogens is 314 g/mol. The van der Waals surface area contributed by atoms with E-state index in [-0.39, 0.29) is 5.56 Å². The summed E-state index contributed by atoms with van der Waals surface area (Å²) in [4.78, 5) is 11.2. The fourth-order valence-corrected chi connectivity index (χ4v) is 2.87. The van der Waals surface area contributed by atoms with Gasteiger partial charge in [-0.25, -0.2) is 4.79 Å². The molecular formula is C21H15NO3. The molecule has 25 heavy (non-hydrogen) atoms. The van der Waals surface area contributed by atoms with Crippen LogP contribution < -0.4 is 0 Å². The van der Waals surface area contributed by atoms with Gasteiger partial charge in [-0.3, -0.25) is 0 Å². The summed E-state index contributed by atoms with van der Waals surface area (Å²) in [6, 6.07) is 20.9. The molecule has 3 aromatic carbocycles. The van der Waals surface area contributed by atoms with Crippen LogP contribution in [0.2, 0.25) is 0 Å². The van der Waals surface area contributed by atoms with Crippen molar-refractivity contribution >= 4 is 16.9 Å². The lowest BCUT2D eigenvalue weighted by atomic mass is 10.0. The highest BCUT2D eigenvalue weighted by Crippen LogP contribution is 2.31. The molecule has 0 saturated carbocycles. The molecule has 0 atom stereocenters. The minimum absolute atomic E-state index is 0.227. The maximum Gasteiger partial charge on any atom is 0.335 e. The number of fused-ring (bicyclic) bond motifs is 1. The Kier molecular flexibility index (Phi) is 3.58. The lowest BCUT2D eigenvalue weighted by Gasteiger charge is -2.03. The second-order valence-corrected chi connectivity index (χ2v) is 5.99. The van der Waals surface area contributed by atoms with Crippen LogP contribution in [0.15, 0.2) is 71.3 Å². The van der Waals surface area contributed by atoms with E-state index in [0.717, 1.165) is 22.1 Å².